The number of quaternary nitrogens is 1. The molecule has 290 valence electrons. The maximum absolute atomic E-state index is 14.4. The number of ether oxygens (including phenoxy) is 4. The zero-order chi connectivity index (χ0) is 38.8. The Morgan fingerprint density at radius 1 is 0.909 bits per heavy atom. The third-order valence-electron chi connectivity index (χ3n) is 9.04. The molecule has 3 aliphatic heterocycles. The quantitative estimate of drug-likeness (QED) is 0.107. The molecule has 0 bridgehead atoms. The number of halogens is 1. The van der Waals surface area contributed by atoms with E-state index in [1.54, 1.807) is 32.9 Å². The Kier molecular flexibility index (Phi) is 12.8. The predicted molar refractivity (Wildman–Crippen MR) is 201 cm³/mol. The van der Waals surface area contributed by atoms with Crippen molar-refractivity contribution in [1.82, 2.24) is 10.2 Å². The summed E-state index contributed by atoms with van der Waals surface area (Å²) < 4.78 is 22.9. The normalized spacial score (nSPS) is 18.5. The lowest BCUT2D eigenvalue weighted by molar-refractivity contribution is -0.923. The number of amides is 2. The Labute approximate surface area is 341 Å². The summed E-state index contributed by atoms with van der Waals surface area (Å²) in [4.78, 5) is 65.7. The van der Waals surface area contributed by atoms with E-state index in [4.69, 9.17) is 18.9 Å². The van der Waals surface area contributed by atoms with Crippen LogP contribution >= 0.6 is 11.8 Å². The fourth-order valence-electron chi connectivity index (χ4n) is 6.81. The van der Waals surface area contributed by atoms with Crippen molar-refractivity contribution >= 4 is 41.7 Å². The van der Waals surface area contributed by atoms with Gasteiger partial charge in [-0.1, -0.05) is 66.7 Å². The van der Waals surface area contributed by atoms with Crippen LogP contribution in [0.15, 0.2) is 96.2 Å². The number of hydrogen-bond acceptors (Lipinski definition) is 10. The van der Waals surface area contributed by atoms with Crippen LogP contribution in [0.3, 0.4) is 0 Å². The second kappa shape index (κ2) is 17.0. The number of alkyl carbamates (subject to hydrolysis) is 1. The highest BCUT2D eigenvalue weighted by atomic mass is 127. The van der Waals surface area contributed by atoms with Gasteiger partial charge in [0.2, 0.25) is 0 Å². The number of hydrogen-bond donors (Lipinski definition) is 1. The minimum Gasteiger partial charge on any atom is -1.00 e. The first-order chi connectivity index (χ1) is 25.6. The average molecular weight is 882 g/mol. The van der Waals surface area contributed by atoms with Gasteiger partial charge in [0, 0.05) is 30.7 Å². The van der Waals surface area contributed by atoms with Gasteiger partial charge < -0.3 is 52.7 Å². The Balaban J connectivity index is 0.00000580. The molecule has 3 heterocycles. The molecule has 0 radical (unpaired) electrons. The van der Waals surface area contributed by atoms with Gasteiger partial charge in [-0.2, -0.15) is 0 Å². The van der Waals surface area contributed by atoms with Crippen LogP contribution in [-0.2, 0) is 41.7 Å². The molecule has 2 amide bonds. The molecule has 3 aromatic rings. The van der Waals surface area contributed by atoms with Gasteiger partial charge in [0.1, 0.15) is 35.8 Å². The second-order valence-corrected chi connectivity index (χ2v) is 15.9. The van der Waals surface area contributed by atoms with Crippen LogP contribution in [0.2, 0.25) is 0 Å². The first-order valence-corrected chi connectivity index (χ1v) is 18.7. The summed E-state index contributed by atoms with van der Waals surface area (Å²) in [5.74, 6) is -1.40. The number of carbonyl (C=O) groups excluding carboxylic acids is 5. The Morgan fingerprint density at radius 2 is 1.44 bits per heavy atom. The lowest BCUT2D eigenvalue weighted by Gasteiger charge is -2.49. The van der Waals surface area contributed by atoms with Crippen molar-refractivity contribution in [2.75, 3.05) is 19.3 Å². The number of rotatable bonds is 10. The average Bonchev–Trinajstić information content (AvgIpc) is 3.43. The topological polar surface area (TPSA) is 138 Å². The summed E-state index contributed by atoms with van der Waals surface area (Å²) in [6, 6.07) is 21.4. The van der Waals surface area contributed by atoms with E-state index >= 15 is 0 Å². The molecule has 2 atom stereocenters. The second-order valence-electron chi connectivity index (χ2n) is 14.8. The van der Waals surface area contributed by atoms with Crippen molar-refractivity contribution in [3.8, 4) is 11.5 Å². The SMILES string of the molecule is CC(=O)Oc1cc2c(cc1OC(C)=O)C[N+](C)(C/C=C/C1=C(C(=O)OC(c3ccccc3)c3ccccc3)N3C(=O)C(NC(=O)OC(C)(C)C)[C@H]3SC1)C2.[I-]. The van der Waals surface area contributed by atoms with Gasteiger partial charge in [0.15, 0.2) is 17.6 Å². The van der Waals surface area contributed by atoms with Crippen molar-refractivity contribution in [2.24, 2.45) is 0 Å². The number of carbonyl (C=O) groups is 5. The molecule has 6 rings (SSSR count). The smallest absolute Gasteiger partial charge is 0.408 e. The highest BCUT2D eigenvalue weighted by Crippen LogP contribution is 2.43. The van der Waals surface area contributed by atoms with Crippen molar-refractivity contribution in [1.29, 1.82) is 0 Å². The van der Waals surface area contributed by atoms with Gasteiger partial charge in [0.05, 0.1) is 13.6 Å². The summed E-state index contributed by atoms with van der Waals surface area (Å²) in [5.41, 5.74) is 3.45. The van der Waals surface area contributed by atoms with Crippen LogP contribution in [0.4, 0.5) is 4.79 Å². The summed E-state index contributed by atoms with van der Waals surface area (Å²) in [6.07, 6.45) is 2.39. The summed E-state index contributed by atoms with van der Waals surface area (Å²) in [5, 5.41) is 2.15. The fraction of sp³-hybridized carbons (Fsp3) is 0.341. The number of esters is 3. The predicted octanol–water partition coefficient (Wildman–Crippen LogP) is 2.95. The minimum atomic E-state index is -0.876. The number of β-lactam (4-membered cyclic amide) rings is 1. The largest absolute Gasteiger partial charge is 1.00 e. The number of thioether (sulfide) groups is 1. The third kappa shape index (κ3) is 9.77. The summed E-state index contributed by atoms with van der Waals surface area (Å²) in [6.45, 7) is 9.57. The highest BCUT2D eigenvalue weighted by molar-refractivity contribution is 8.00. The Bertz CT molecular complexity index is 1950. The molecule has 0 spiro atoms. The molecule has 14 heteroatoms. The molecule has 0 saturated carbocycles. The van der Waals surface area contributed by atoms with E-state index in [2.05, 4.69) is 12.4 Å². The van der Waals surface area contributed by atoms with E-state index in [1.165, 1.54) is 30.5 Å². The van der Waals surface area contributed by atoms with Crippen LogP contribution in [0.25, 0.3) is 0 Å². The maximum atomic E-state index is 14.4. The van der Waals surface area contributed by atoms with Gasteiger partial charge in [-0.05, 0) is 55.7 Å². The van der Waals surface area contributed by atoms with Crippen LogP contribution in [-0.4, -0.2) is 75.7 Å². The van der Waals surface area contributed by atoms with Crippen molar-refractivity contribution < 1.29 is 71.4 Å². The standard InChI is InChI=1S/C41H43N3O9S.HI/c1-25(45)50-32-20-30-22-44(6,23-31(30)21-33(32)51-26(2)46)19-13-18-29-24-54-38-34(42-40(49)53-41(3,4)5)37(47)43(38)35(29)39(48)52-36(27-14-9-7-10-15-27)28-16-11-8-12-17-28;/h7-18,20-21,34,36,38H,19,22-24H2,1-6H3;1H/b18-13+;/t34?,38-;/m1./s1. The van der Waals surface area contributed by atoms with Gasteiger partial charge in [-0.3, -0.25) is 19.3 Å². The van der Waals surface area contributed by atoms with E-state index in [0.29, 0.717) is 35.4 Å². The number of benzene rings is 3. The molecule has 12 nitrogen and oxygen atoms in total. The monoisotopic (exact) mass is 881 g/mol. The molecular formula is C41H44IN3O9S. The lowest BCUT2D eigenvalue weighted by atomic mass is 10.0. The van der Waals surface area contributed by atoms with E-state index in [0.717, 1.165) is 22.3 Å². The molecule has 1 fully saturated rings. The van der Waals surface area contributed by atoms with E-state index in [-0.39, 0.29) is 41.2 Å². The zero-order valence-corrected chi connectivity index (χ0v) is 34.5. The Hall–Kier alpha value is -4.67. The van der Waals surface area contributed by atoms with E-state index in [9.17, 15) is 24.0 Å². The molecule has 0 aromatic heterocycles. The molecule has 1 N–H and O–H groups in total. The Morgan fingerprint density at radius 3 is 1.93 bits per heavy atom. The van der Waals surface area contributed by atoms with Gasteiger partial charge in [-0.15, -0.1) is 11.8 Å². The maximum Gasteiger partial charge on any atom is 0.408 e. The fourth-order valence-corrected chi connectivity index (χ4v) is 8.12. The summed E-state index contributed by atoms with van der Waals surface area (Å²) >= 11 is 1.44. The molecule has 55 heavy (non-hydrogen) atoms. The number of allylic oxidation sites excluding steroid dienone is 1. The number of likely N-dealkylation sites (N-methyl/N-ethyl adjacent to an activating group) is 1. The van der Waals surface area contributed by atoms with Crippen molar-refractivity contribution in [2.45, 2.75) is 70.8 Å². The van der Waals surface area contributed by atoms with Crippen molar-refractivity contribution in [3.63, 3.8) is 0 Å². The van der Waals surface area contributed by atoms with Crippen LogP contribution in [0.1, 0.15) is 63.0 Å². The van der Waals surface area contributed by atoms with E-state index < -0.39 is 53.0 Å². The first-order valence-electron chi connectivity index (χ1n) is 17.6. The van der Waals surface area contributed by atoms with Gasteiger partial charge >= 0.3 is 24.0 Å². The third-order valence-corrected chi connectivity index (χ3v) is 10.3. The highest BCUT2D eigenvalue weighted by Gasteiger charge is 2.55. The number of nitrogens with one attached hydrogen (secondary N) is 1. The van der Waals surface area contributed by atoms with Crippen molar-refractivity contribution in [3.05, 3.63) is 118 Å². The van der Waals surface area contributed by atoms with Gasteiger partial charge in [-0.25, -0.2) is 9.59 Å². The van der Waals surface area contributed by atoms with Gasteiger partial charge in [0.25, 0.3) is 5.91 Å². The van der Waals surface area contributed by atoms with E-state index in [1.807, 2.05) is 72.8 Å². The molecule has 0 aliphatic carbocycles. The number of fused-ring (bicyclic) bond motifs is 2. The van der Waals surface area contributed by atoms with Crippen LogP contribution in [0, 0.1) is 0 Å². The molecule has 1 unspecified atom stereocenters. The molecule has 3 aliphatic rings. The lowest BCUT2D eigenvalue weighted by Crippen LogP contribution is -3.00. The molecule has 3 aromatic carbocycles. The van der Waals surface area contributed by atoms with Crippen LogP contribution in [0.5, 0.6) is 11.5 Å². The molecular weight excluding hydrogens is 837 g/mol. The zero-order valence-electron chi connectivity index (χ0n) is 31.5. The first kappa shape index (κ1) is 41.5. The number of nitrogens with zero attached hydrogens (tertiary/aromatic N) is 2. The molecule has 1 saturated heterocycles. The summed E-state index contributed by atoms with van der Waals surface area (Å²) in [7, 11) is 2.08. The minimum absolute atomic E-state index is 0. The van der Waals surface area contributed by atoms with Crippen LogP contribution < -0.4 is 38.8 Å².